The molecule has 0 aliphatic rings. The van der Waals surface area contributed by atoms with Crippen LogP contribution in [0.15, 0.2) is 191 Å². The van der Waals surface area contributed by atoms with E-state index in [1.165, 1.54) is 37.9 Å². The molecule has 12 rings (SSSR count). The monoisotopic (exact) mass is 714 g/mol. The fourth-order valence-corrected chi connectivity index (χ4v) is 8.65. The van der Waals surface area contributed by atoms with Crippen molar-refractivity contribution in [3.8, 4) is 44.9 Å². The molecular formula is C52H30N2O2. The van der Waals surface area contributed by atoms with Crippen molar-refractivity contribution in [3.63, 3.8) is 0 Å². The minimum atomic E-state index is 0.662. The van der Waals surface area contributed by atoms with Gasteiger partial charge in [-0.3, -0.25) is 0 Å². The molecule has 0 saturated heterocycles. The molecule has 0 atom stereocenters. The van der Waals surface area contributed by atoms with Crippen LogP contribution < -0.4 is 0 Å². The van der Waals surface area contributed by atoms with E-state index < -0.39 is 0 Å². The van der Waals surface area contributed by atoms with Crippen molar-refractivity contribution in [2.45, 2.75) is 0 Å². The highest BCUT2D eigenvalue weighted by atomic mass is 16.3. The predicted octanol–water partition coefficient (Wildman–Crippen LogP) is 14.4. The first-order valence-corrected chi connectivity index (χ1v) is 18.9. The molecule has 260 valence electrons. The van der Waals surface area contributed by atoms with Crippen LogP contribution in [0.1, 0.15) is 0 Å². The van der Waals surface area contributed by atoms with Crippen LogP contribution in [0.5, 0.6) is 0 Å². The molecular weight excluding hydrogens is 685 g/mol. The second-order valence-corrected chi connectivity index (χ2v) is 14.5. The Kier molecular flexibility index (Phi) is 6.60. The van der Waals surface area contributed by atoms with Crippen LogP contribution in [0.4, 0.5) is 0 Å². The zero-order valence-electron chi connectivity index (χ0n) is 30.0. The quantitative estimate of drug-likeness (QED) is 0.170. The van der Waals surface area contributed by atoms with E-state index >= 15 is 0 Å². The average Bonchev–Trinajstić information content (AvgIpc) is 3.84. The number of benzene rings is 9. The van der Waals surface area contributed by atoms with E-state index in [0.717, 1.165) is 71.9 Å². The van der Waals surface area contributed by atoms with Gasteiger partial charge in [0.25, 0.3) is 0 Å². The van der Waals surface area contributed by atoms with E-state index in [2.05, 4.69) is 133 Å². The van der Waals surface area contributed by atoms with Gasteiger partial charge >= 0.3 is 0 Å². The van der Waals surface area contributed by atoms with Gasteiger partial charge in [-0.15, -0.1) is 0 Å². The molecule has 0 bridgehead atoms. The van der Waals surface area contributed by atoms with Crippen molar-refractivity contribution in [2.24, 2.45) is 0 Å². The SMILES string of the molecule is c1ccc(-c2nc(-c3ccccc3)c3oc4ccc(-c5cccc6oc7ccc(-c8ccc9c%10ccccc%10c%10ccccc%10c9c8)cc7c56)cc4c3n2)cc1. The lowest BCUT2D eigenvalue weighted by molar-refractivity contribution is 0.667. The summed E-state index contributed by atoms with van der Waals surface area (Å²) in [7, 11) is 0. The van der Waals surface area contributed by atoms with Crippen molar-refractivity contribution in [2.75, 3.05) is 0 Å². The first-order valence-electron chi connectivity index (χ1n) is 18.9. The van der Waals surface area contributed by atoms with Gasteiger partial charge < -0.3 is 8.83 Å². The summed E-state index contributed by atoms with van der Waals surface area (Å²) in [5.41, 5.74) is 11.1. The Morgan fingerprint density at radius 2 is 0.875 bits per heavy atom. The molecule has 4 nitrogen and oxygen atoms in total. The highest BCUT2D eigenvalue weighted by Gasteiger charge is 2.20. The molecule has 0 amide bonds. The molecule has 0 saturated carbocycles. The minimum absolute atomic E-state index is 0.662. The summed E-state index contributed by atoms with van der Waals surface area (Å²) in [6.45, 7) is 0. The molecule has 0 unspecified atom stereocenters. The van der Waals surface area contributed by atoms with Gasteiger partial charge in [0.05, 0.1) is 0 Å². The summed E-state index contributed by atoms with van der Waals surface area (Å²) in [4.78, 5) is 10.2. The molecule has 3 aromatic heterocycles. The maximum absolute atomic E-state index is 6.56. The van der Waals surface area contributed by atoms with E-state index in [9.17, 15) is 0 Å². The maximum atomic E-state index is 6.56. The van der Waals surface area contributed by atoms with E-state index in [4.69, 9.17) is 18.8 Å². The van der Waals surface area contributed by atoms with E-state index in [-0.39, 0.29) is 0 Å². The van der Waals surface area contributed by atoms with E-state index in [0.29, 0.717) is 11.4 Å². The number of nitrogens with zero attached hydrogens (tertiary/aromatic N) is 2. The fourth-order valence-electron chi connectivity index (χ4n) is 8.65. The van der Waals surface area contributed by atoms with Crippen LogP contribution in [0.25, 0.3) is 121 Å². The first-order chi connectivity index (χ1) is 27.7. The Morgan fingerprint density at radius 1 is 0.321 bits per heavy atom. The fraction of sp³-hybridized carbons (Fsp3) is 0. The minimum Gasteiger partial charge on any atom is -0.456 e. The second-order valence-electron chi connectivity index (χ2n) is 14.5. The number of hydrogen-bond donors (Lipinski definition) is 0. The molecule has 4 heteroatoms. The smallest absolute Gasteiger partial charge is 0.180 e. The van der Waals surface area contributed by atoms with Crippen molar-refractivity contribution < 1.29 is 8.83 Å². The number of hydrogen-bond acceptors (Lipinski definition) is 4. The summed E-state index contributed by atoms with van der Waals surface area (Å²) in [6, 6.07) is 63.9. The zero-order chi connectivity index (χ0) is 36.7. The van der Waals surface area contributed by atoms with Gasteiger partial charge in [0.15, 0.2) is 11.4 Å². The molecule has 0 spiro atoms. The topological polar surface area (TPSA) is 52.1 Å². The lowest BCUT2D eigenvalue weighted by atomic mass is 9.91. The number of furan rings is 2. The Hall–Kier alpha value is -7.56. The van der Waals surface area contributed by atoms with Crippen LogP contribution in [0.3, 0.4) is 0 Å². The van der Waals surface area contributed by atoms with Crippen molar-refractivity contribution in [1.29, 1.82) is 0 Å². The van der Waals surface area contributed by atoms with Gasteiger partial charge in [0.1, 0.15) is 28.0 Å². The molecule has 56 heavy (non-hydrogen) atoms. The lowest BCUT2D eigenvalue weighted by Crippen LogP contribution is -1.93. The van der Waals surface area contributed by atoms with Crippen LogP contribution in [0, 0.1) is 0 Å². The first kappa shape index (κ1) is 30.9. The summed E-state index contributed by atoms with van der Waals surface area (Å²) >= 11 is 0. The third kappa shape index (κ3) is 4.66. The molecule has 12 aromatic rings. The summed E-state index contributed by atoms with van der Waals surface area (Å²) in [5.74, 6) is 0.662. The molecule has 0 N–H and O–H groups in total. The standard InChI is InChI=1S/C52H30N2O2/c1-3-12-31(13-4-1)49-51-50(54-52(53-49)32-14-5-2-6-15-32)44-30-35(24-27-46(44)56-51)36-20-11-21-47-48(36)43-29-34(23-26-45(43)55-47)33-22-25-41-39-18-8-7-16-37(39)38-17-9-10-19-40(38)42(41)28-33/h1-30H. The third-order valence-corrected chi connectivity index (χ3v) is 11.3. The van der Waals surface area contributed by atoms with Crippen molar-refractivity contribution in [1.82, 2.24) is 9.97 Å². The Bertz CT molecular complexity index is 3490. The van der Waals surface area contributed by atoms with Gasteiger partial charge in [0.2, 0.25) is 0 Å². The largest absolute Gasteiger partial charge is 0.456 e. The predicted molar refractivity (Wildman–Crippen MR) is 231 cm³/mol. The van der Waals surface area contributed by atoms with Gasteiger partial charge in [-0.05, 0) is 91.0 Å². The summed E-state index contributed by atoms with van der Waals surface area (Å²) < 4.78 is 13.1. The molecule has 0 aliphatic heterocycles. The summed E-state index contributed by atoms with van der Waals surface area (Å²) in [5, 5.41) is 10.7. The average molecular weight is 715 g/mol. The van der Waals surface area contributed by atoms with Crippen molar-refractivity contribution >= 4 is 76.3 Å². The van der Waals surface area contributed by atoms with Gasteiger partial charge in [-0.25, -0.2) is 9.97 Å². The summed E-state index contributed by atoms with van der Waals surface area (Å²) in [6.07, 6.45) is 0. The highest BCUT2D eigenvalue weighted by molar-refractivity contribution is 6.26. The second kappa shape index (κ2) is 12.0. The molecule has 9 aromatic carbocycles. The normalized spacial score (nSPS) is 11.9. The lowest BCUT2D eigenvalue weighted by Gasteiger charge is -2.12. The Balaban J connectivity index is 1.05. The van der Waals surface area contributed by atoms with Crippen LogP contribution in [-0.2, 0) is 0 Å². The zero-order valence-corrected chi connectivity index (χ0v) is 30.0. The maximum Gasteiger partial charge on any atom is 0.180 e. The third-order valence-electron chi connectivity index (χ3n) is 11.3. The number of aromatic nitrogens is 2. The van der Waals surface area contributed by atoms with Crippen LogP contribution >= 0.6 is 0 Å². The van der Waals surface area contributed by atoms with Crippen LogP contribution in [-0.4, -0.2) is 9.97 Å². The highest BCUT2D eigenvalue weighted by Crippen LogP contribution is 2.43. The Labute approximate surface area is 320 Å². The van der Waals surface area contributed by atoms with E-state index in [1.807, 2.05) is 48.5 Å². The molecule has 0 fully saturated rings. The van der Waals surface area contributed by atoms with E-state index in [1.54, 1.807) is 0 Å². The van der Waals surface area contributed by atoms with Gasteiger partial charge in [-0.1, -0.05) is 146 Å². The molecule has 0 radical (unpaired) electrons. The van der Waals surface area contributed by atoms with Gasteiger partial charge in [-0.2, -0.15) is 0 Å². The Morgan fingerprint density at radius 3 is 1.59 bits per heavy atom. The molecule has 0 aliphatic carbocycles. The van der Waals surface area contributed by atoms with Gasteiger partial charge in [0, 0.05) is 27.3 Å². The number of rotatable bonds is 4. The van der Waals surface area contributed by atoms with Crippen molar-refractivity contribution in [3.05, 3.63) is 182 Å². The molecule has 3 heterocycles. The van der Waals surface area contributed by atoms with Crippen LogP contribution in [0.2, 0.25) is 0 Å². The number of fused-ring (bicyclic) bond motifs is 12.